The summed E-state index contributed by atoms with van der Waals surface area (Å²) in [6.45, 7) is 0.757. The minimum absolute atomic E-state index is 0.0890. The van der Waals surface area contributed by atoms with Crippen molar-refractivity contribution >= 4 is 17.5 Å². The van der Waals surface area contributed by atoms with E-state index in [0.717, 1.165) is 18.4 Å². The number of tetrazole rings is 1. The molecule has 6 nitrogen and oxygen atoms in total. The first-order valence-electron chi connectivity index (χ1n) is 8.19. The Bertz CT molecular complexity index is 723. The maximum Gasteiger partial charge on any atom is 0.241 e. The van der Waals surface area contributed by atoms with Gasteiger partial charge in [-0.2, -0.15) is 0 Å². The van der Waals surface area contributed by atoms with Crippen LogP contribution < -0.4 is 5.32 Å². The van der Waals surface area contributed by atoms with Gasteiger partial charge in [0.25, 0.3) is 0 Å². The first kappa shape index (κ1) is 16.6. The summed E-state index contributed by atoms with van der Waals surface area (Å²) < 4.78 is 1.50. The Kier molecular flexibility index (Phi) is 5.59. The second-order valence-electron chi connectivity index (χ2n) is 5.88. The molecule has 1 heterocycles. The molecule has 24 heavy (non-hydrogen) atoms. The van der Waals surface area contributed by atoms with E-state index in [9.17, 15) is 4.79 Å². The molecule has 0 atom stereocenters. The van der Waals surface area contributed by atoms with Gasteiger partial charge in [-0.1, -0.05) is 23.3 Å². The predicted molar refractivity (Wildman–Crippen MR) is 92.4 cm³/mol. The van der Waals surface area contributed by atoms with Crippen LogP contribution in [0.1, 0.15) is 32.1 Å². The minimum Gasteiger partial charge on any atom is -0.354 e. The molecule has 1 aromatic carbocycles. The Morgan fingerprint density at radius 1 is 1.25 bits per heavy atom. The summed E-state index contributed by atoms with van der Waals surface area (Å²) in [5.41, 5.74) is 2.27. The van der Waals surface area contributed by atoms with E-state index in [-0.39, 0.29) is 12.5 Å². The SMILES string of the molecule is O=C(Cn1nnnc1-c1ccc(Cl)cc1)NCCC1=CCCCC1. The summed E-state index contributed by atoms with van der Waals surface area (Å²) in [5, 5.41) is 15.1. The second kappa shape index (κ2) is 8.06. The first-order valence-corrected chi connectivity index (χ1v) is 8.57. The Labute approximate surface area is 145 Å². The number of allylic oxidation sites excluding steroid dienone is 1. The summed E-state index contributed by atoms with van der Waals surface area (Å²) >= 11 is 5.89. The lowest BCUT2D eigenvalue weighted by molar-refractivity contribution is -0.121. The van der Waals surface area contributed by atoms with E-state index in [0.29, 0.717) is 17.4 Å². The van der Waals surface area contributed by atoms with E-state index in [1.165, 1.54) is 29.5 Å². The normalized spacial score (nSPS) is 14.3. The number of nitrogens with zero attached hydrogens (tertiary/aromatic N) is 4. The number of halogens is 1. The zero-order valence-electron chi connectivity index (χ0n) is 13.4. The van der Waals surface area contributed by atoms with Gasteiger partial charge in [0.05, 0.1) is 0 Å². The van der Waals surface area contributed by atoms with E-state index in [2.05, 4.69) is 26.9 Å². The molecule has 0 saturated heterocycles. The number of benzene rings is 1. The van der Waals surface area contributed by atoms with Crippen molar-refractivity contribution in [1.82, 2.24) is 25.5 Å². The smallest absolute Gasteiger partial charge is 0.241 e. The molecule has 3 rings (SSSR count). The van der Waals surface area contributed by atoms with Crippen LogP contribution in [0, 0.1) is 0 Å². The highest BCUT2D eigenvalue weighted by molar-refractivity contribution is 6.30. The maximum absolute atomic E-state index is 12.1. The summed E-state index contributed by atoms with van der Waals surface area (Å²) in [5.74, 6) is 0.464. The Morgan fingerprint density at radius 2 is 2.08 bits per heavy atom. The van der Waals surface area contributed by atoms with Crippen molar-refractivity contribution in [3.8, 4) is 11.4 Å². The summed E-state index contributed by atoms with van der Waals surface area (Å²) in [4.78, 5) is 12.1. The molecule has 2 aromatic rings. The van der Waals surface area contributed by atoms with Crippen LogP contribution in [0.3, 0.4) is 0 Å². The van der Waals surface area contributed by atoms with E-state index >= 15 is 0 Å². The number of hydrogen-bond donors (Lipinski definition) is 1. The summed E-state index contributed by atoms with van der Waals surface area (Å²) in [7, 11) is 0. The number of hydrogen-bond acceptors (Lipinski definition) is 4. The third kappa shape index (κ3) is 4.41. The van der Waals surface area contributed by atoms with Crippen molar-refractivity contribution in [2.45, 2.75) is 38.6 Å². The molecule has 126 valence electrons. The molecule has 1 amide bonds. The highest BCUT2D eigenvalue weighted by Crippen LogP contribution is 2.20. The fourth-order valence-electron chi connectivity index (χ4n) is 2.80. The number of rotatable bonds is 6. The van der Waals surface area contributed by atoms with Gasteiger partial charge in [-0.25, -0.2) is 4.68 Å². The van der Waals surface area contributed by atoms with Crippen molar-refractivity contribution in [1.29, 1.82) is 0 Å². The van der Waals surface area contributed by atoms with Crippen molar-refractivity contribution in [2.75, 3.05) is 6.54 Å². The van der Waals surface area contributed by atoms with E-state index in [1.54, 1.807) is 12.1 Å². The highest BCUT2D eigenvalue weighted by Gasteiger charge is 2.12. The van der Waals surface area contributed by atoms with Crippen LogP contribution in [-0.2, 0) is 11.3 Å². The average molecular weight is 346 g/mol. The van der Waals surface area contributed by atoms with Crippen LogP contribution in [0.5, 0.6) is 0 Å². The fourth-order valence-corrected chi connectivity index (χ4v) is 2.93. The monoisotopic (exact) mass is 345 g/mol. The van der Waals surface area contributed by atoms with Crippen LogP contribution in [-0.4, -0.2) is 32.7 Å². The van der Waals surface area contributed by atoms with Crippen LogP contribution in [0.25, 0.3) is 11.4 Å². The van der Waals surface area contributed by atoms with E-state index < -0.39 is 0 Å². The molecule has 0 aliphatic heterocycles. The summed E-state index contributed by atoms with van der Waals surface area (Å²) in [6.07, 6.45) is 8.08. The molecule has 0 saturated carbocycles. The van der Waals surface area contributed by atoms with Gasteiger partial charge < -0.3 is 5.32 Å². The predicted octanol–water partition coefficient (Wildman–Crippen LogP) is 3.00. The number of carbonyl (C=O) groups excluding carboxylic acids is 1. The third-order valence-corrected chi connectivity index (χ3v) is 4.33. The molecule has 1 aromatic heterocycles. The molecule has 7 heteroatoms. The topological polar surface area (TPSA) is 72.7 Å². The standard InChI is InChI=1S/C17H20ClN5O/c18-15-8-6-14(7-9-15)17-20-21-22-23(17)12-16(24)19-11-10-13-4-2-1-3-5-13/h4,6-9H,1-3,5,10-12H2,(H,19,24). The Balaban J connectivity index is 1.54. The van der Waals surface area contributed by atoms with Crippen LogP contribution in [0.15, 0.2) is 35.9 Å². The number of aromatic nitrogens is 4. The lowest BCUT2D eigenvalue weighted by Gasteiger charge is -2.13. The van der Waals surface area contributed by atoms with Crippen LogP contribution in [0.2, 0.25) is 5.02 Å². The first-order chi connectivity index (χ1) is 11.7. The van der Waals surface area contributed by atoms with Gasteiger partial charge in [-0.15, -0.1) is 5.10 Å². The second-order valence-corrected chi connectivity index (χ2v) is 6.31. The van der Waals surface area contributed by atoms with Crippen molar-refractivity contribution < 1.29 is 4.79 Å². The lowest BCUT2D eigenvalue weighted by atomic mass is 9.97. The van der Waals surface area contributed by atoms with Gasteiger partial charge in [0.1, 0.15) is 6.54 Å². The molecule has 0 radical (unpaired) electrons. The zero-order valence-corrected chi connectivity index (χ0v) is 14.2. The Morgan fingerprint density at radius 3 is 2.83 bits per heavy atom. The van der Waals surface area contributed by atoms with Gasteiger partial charge >= 0.3 is 0 Å². The molecule has 0 bridgehead atoms. The molecular formula is C17H20ClN5O. The van der Waals surface area contributed by atoms with Crippen molar-refractivity contribution in [3.63, 3.8) is 0 Å². The summed E-state index contributed by atoms with van der Waals surface area (Å²) in [6, 6.07) is 7.21. The number of carbonyl (C=O) groups is 1. The largest absolute Gasteiger partial charge is 0.354 e. The average Bonchev–Trinajstić information content (AvgIpc) is 3.04. The molecule has 0 fully saturated rings. The highest BCUT2D eigenvalue weighted by atomic mass is 35.5. The van der Waals surface area contributed by atoms with Gasteiger partial charge in [-0.3, -0.25) is 4.79 Å². The maximum atomic E-state index is 12.1. The van der Waals surface area contributed by atoms with Crippen LogP contribution >= 0.6 is 11.6 Å². The molecule has 1 N–H and O–H groups in total. The van der Waals surface area contributed by atoms with Gasteiger partial charge in [0.15, 0.2) is 5.82 Å². The van der Waals surface area contributed by atoms with Gasteiger partial charge in [0, 0.05) is 17.1 Å². The van der Waals surface area contributed by atoms with Gasteiger partial charge in [0.2, 0.25) is 5.91 Å². The molecule has 0 unspecified atom stereocenters. The number of nitrogens with one attached hydrogen (secondary N) is 1. The molecule has 1 aliphatic rings. The minimum atomic E-state index is -0.0890. The molecular weight excluding hydrogens is 326 g/mol. The van der Waals surface area contributed by atoms with E-state index in [1.807, 2.05) is 12.1 Å². The lowest BCUT2D eigenvalue weighted by Crippen LogP contribution is -2.29. The molecule has 0 spiro atoms. The quantitative estimate of drug-likeness (QED) is 0.817. The van der Waals surface area contributed by atoms with Crippen LogP contribution in [0.4, 0.5) is 0 Å². The third-order valence-electron chi connectivity index (χ3n) is 4.08. The van der Waals surface area contributed by atoms with Crippen molar-refractivity contribution in [2.24, 2.45) is 0 Å². The zero-order chi connectivity index (χ0) is 16.8. The van der Waals surface area contributed by atoms with Crippen molar-refractivity contribution in [3.05, 3.63) is 40.9 Å². The molecule has 1 aliphatic carbocycles. The number of amides is 1. The fraction of sp³-hybridized carbons (Fsp3) is 0.412. The van der Waals surface area contributed by atoms with Gasteiger partial charge in [-0.05, 0) is 66.8 Å². The van der Waals surface area contributed by atoms with E-state index in [4.69, 9.17) is 11.6 Å². The Hall–Kier alpha value is -2.21.